The Bertz CT molecular complexity index is 820. The van der Waals surface area contributed by atoms with E-state index in [1.54, 1.807) is 7.11 Å². The van der Waals surface area contributed by atoms with Crippen molar-refractivity contribution in [1.29, 1.82) is 0 Å². The van der Waals surface area contributed by atoms with Gasteiger partial charge in [0.2, 0.25) is 0 Å². The predicted molar refractivity (Wildman–Crippen MR) is 149 cm³/mol. The Morgan fingerprint density at radius 1 is 1.03 bits per heavy atom. The van der Waals surface area contributed by atoms with Crippen molar-refractivity contribution in [3.8, 4) is 0 Å². The predicted octanol–water partition coefficient (Wildman–Crippen LogP) is 4.68. The standard InChI is InChI=1S/C29H52O9Si/c1-11-12-21-22(38-39(17(2)3)18(4)5)24-23(36-21)25(34-19(6)30)26-29(32-10,37-24)15-13-20(35-26)14-16-33-27(31)28(7,8)9/h17-18,20-26,39H,11-16H2,1-10H3/t20-,21-,22+,23-,24+,25+,26-,29?/m1/s1. The lowest BCUT2D eigenvalue weighted by molar-refractivity contribution is -0.382. The molecule has 3 rings (SSSR count). The van der Waals surface area contributed by atoms with E-state index >= 15 is 0 Å². The van der Waals surface area contributed by atoms with Gasteiger partial charge in [0.15, 0.2) is 27.0 Å². The zero-order valence-electron chi connectivity index (χ0n) is 25.7. The van der Waals surface area contributed by atoms with Crippen LogP contribution in [-0.2, 0) is 42.4 Å². The van der Waals surface area contributed by atoms with Gasteiger partial charge in [0.05, 0.1) is 30.3 Å². The van der Waals surface area contributed by atoms with E-state index in [4.69, 9.17) is 32.8 Å². The van der Waals surface area contributed by atoms with E-state index in [-0.39, 0.29) is 30.9 Å². The maximum atomic E-state index is 12.3. The Morgan fingerprint density at radius 2 is 1.69 bits per heavy atom. The summed E-state index contributed by atoms with van der Waals surface area (Å²) in [5.41, 5.74) is 0.343. The minimum atomic E-state index is -1.61. The molecule has 0 N–H and O–H groups in total. The highest BCUT2D eigenvalue weighted by Gasteiger charge is 2.65. The van der Waals surface area contributed by atoms with Crippen LogP contribution in [0.5, 0.6) is 0 Å². The van der Waals surface area contributed by atoms with E-state index in [0.717, 1.165) is 12.8 Å². The number of methoxy groups -OCH3 is 1. The van der Waals surface area contributed by atoms with Crippen LogP contribution in [0.1, 0.15) is 94.4 Å². The van der Waals surface area contributed by atoms with Gasteiger partial charge in [-0.2, -0.15) is 0 Å². The first-order valence-corrected chi connectivity index (χ1v) is 16.6. The molecule has 3 saturated heterocycles. The zero-order chi connectivity index (χ0) is 29.1. The van der Waals surface area contributed by atoms with Gasteiger partial charge in [-0.25, -0.2) is 0 Å². The molecule has 0 bridgehead atoms. The Kier molecular flexibility index (Phi) is 11.1. The third-order valence-electron chi connectivity index (χ3n) is 8.03. The fourth-order valence-corrected chi connectivity index (χ4v) is 9.00. The lowest BCUT2D eigenvalue weighted by atomic mass is 9.85. The molecule has 0 aromatic carbocycles. The molecule has 0 amide bonds. The van der Waals surface area contributed by atoms with E-state index < -0.39 is 50.6 Å². The highest BCUT2D eigenvalue weighted by Crippen LogP contribution is 2.48. The molecule has 0 aromatic rings. The van der Waals surface area contributed by atoms with Crippen LogP contribution in [0.4, 0.5) is 0 Å². The Balaban J connectivity index is 1.85. The quantitative estimate of drug-likeness (QED) is 0.258. The molecule has 0 aromatic heterocycles. The van der Waals surface area contributed by atoms with Crippen molar-refractivity contribution >= 4 is 21.0 Å². The lowest BCUT2D eigenvalue weighted by Gasteiger charge is -2.53. The van der Waals surface area contributed by atoms with Gasteiger partial charge in [-0.3, -0.25) is 9.59 Å². The van der Waals surface area contributed by atoms with E-state index in [1.807, 2.05) is 20.8 Å². The second kappa shape index (κ2) is 13.3. The van der Waals surface area contributed by atoms with Gasteiger partial charge in [0.1, 0.15) is 12.2 Å². The number of carbonyl (C=O) groups is 2. The molecule has 1 unspecified atom stereocenters. The van der Waals surface area contributed by atoms with E-state index in [9.17, 15) is 9.59 Å². The maximum Gasteiger partial charge on any atom is 0.311 e. The van der Waals surface area contributed by atoms with Gasteiger partial charge in [0.25, 0.3) is 0 Å². The third-order valence-corrected chi connectivity index (χ3v) is 11.3. The van der Waals surface area contributed by atoms with Crippen LogP contribution in [-0.4, -0.2) is 83.2 Å². The summed E-state index contributed by atoms with van der Waals surface area (Å²) in [5, 5.41) is 0. The second-order valence-electron chi connectivity index (χ2n) is 13.0. The van der Waals surface area contributed by atoms with Gasteiger partial charge < -0.3 is 32.8 Å². The van der Waals surface area contributed by atoms with Crippen LogP contribution >= 0.6 is 0 Å². The smallest absolute Gasteiger partial charge is 0.311 e. The molecule has 0 spiro atoms. The van der Waals surface area contributed by atoms with E-state index in [0.29, 0.717) is 30.3 Å². The fraction of sp³-hybridized carbons (Fsp3) is 0.931. The molecule has 8 atom stereocenters. The molecule has 0 aliphatic carbocycles. The van der Waals surface area contributed by atoms with Gasteiger partial charge in [-0.05, 0) is 44.7 Å². The average Bonchev–Trinajstić information content (AvgIpc) is 3.17. The minimum absolute atomic E-state index is 0.169. The van der Waals surface area contributed by atoms with E-state index in [1.165, 1.54) is 6.92 Å². The number of rotatable bonds is 11. The fourth-order valence-electron chi connectivity index (χ4n) is 6.14. The van der Waals surface area contributed by atoms with Crippen molar-refractivity contribution in [2.45, 2.75) is 154 Å². The SMILES string of the molecule is CCC[C@H]1O[C@@H]2[C@@H](OC3(OC)CC[C@H](CCOC(=O)C(C)(C)C)O[C@@H]3[C@H]2OC(C)=O)[C@H]1O[SiH](C(C)C)C(C)C. The molecule has 3 fully saturated rings. The number of hydrogen-bond donors (Lipinski definition) is 0. The molecule has 3 aliphatic rings. The largest absolute Gasteiger partial charge is 0.465 e. The van der Waals surface area contributed by atoms with Crippen molar-refractivity contribution in [1.82, 2.24) is 0 Å². The van der Waals surface area contributed by atoms with Crippen LogP contribution in [0.3, 0.4) is 0 Å². The van der Waals surface area contributed by atoms with Crippen LogP contribution in [0.2, 0.25) is 11.1 Å². The Morgan fingerprint density at radius 3 is 2.23 bits per heavy atom. The van der Waals surface area contributed by atoms with Crippen molar-refractivity contribution in [3.63, 3.8) is 0 Å². The van der Waals surface area contributed by atoms with Crippen LogP contribution in [0, 0.1) is 5.41 Å². The molecule has 226 valence electrons. The Hall–Kier alpha value is -1.04. The summed E-state index contributed by atoms with van der Waals surface area (Å²) in [6.45, 7) is 18.2. The van der Waals surface area contributed by atoms with E-state index in [2.05, 4.69) is 34.6 Å². The lowest BCUT2D eigenvalue weighted by Crippen LogP contribution is -2.69. The third kappa shape index (κ3) is 7.43. The maximum absolute atomic E-state index is 12.3. The van der Waals surface area contributed by atoms with Crippen molar-refractivity contribution < 1.29 is 42.4 Å². The molecule has 3 heterocycles. The summed E-state index contributed by atoms with van der Waals surface area (Å²) in [6, 6.07) is 0. The molecule has 0 radical (unpaired) electrons. The molecule has 3 aliphatic heterocycles. The van der Waals surface area contributed by atoms with Gasteiger partial charge >= 0.3 is 11.9 Å². The molecular formula is C29H52O9Si. The monoisotopic (exact) mass is 572 g/mol. The summed E-state index contributed by atoms with van der Waals surface area (Å²) in [5.74, 6) is -1.76. The van der Waals surface area contributed by atoms with Gasteiger partial charge in [0, 0.05) is 26.9 Å². The van der Waals surface area contributed by atoms with Crippen LogP contribution < -0.4 is 0 Å². The second-order valence-corrected chi connectivity index (χ2v) is 16.9. The topological polar surface area (TPSA) is 98.8 Å². The minimum Gasteiger partial charge on any atom is -0.465 e. The summed E-state index contributed by atoms with van der Waals surface area (Å²) >= 11 is 0. The number of carbonyl (C=O) groups excluding carboxylic acids is 2. The van der Waals surface area contributed by atoms with Crippen LogP contribution in [0.15, 0.2) is 0 Å². The Labute approximate surface area is 236 Å². The number of ether oxygens (including phenoxy) is 6. The molecule has 9 nitrogen and oxygen atoms in total. The highest BCUT2D eigenvalue weighted by molar-refractivity contribution is 6.55. The van der Waals surface area contributed by atoms with Crippen molar-refractivity contribution in [3.05, 3.63) is 0 Å². The highest BCUT2D eigenvalue weighted by atomic mass is 28.3. The molecule has 0 saturated carbocycles. The van der Waals surface area contributed by atoms with Crippen molar-refractivity contribution in [2.24, 2.45) is 5.41 Å². The normalized spacial score (nSPS) is 34.7. The van der Waals surface area contributed by atoms with Gasteiger partial charge in [-0.1, -0.05) is 41.0 Å². The molecule has 10 heteroatoms. The summed E-state index contributed by atoms with van der Waals surface area (Å²) in [6.07, 6.45) is 0.465. The average molecular weight is 573 g/mol. The number of fused-ring (bicyclic) bond motifs is 2. The number of esters is 2. The van der Waals surface area contributed by atoms with Crippen LogP contribution in [0.25, 0.3) is 0 Å². The first kappa shape index (κ1) is 32.5. The summed E-state index contributed by atoms with van der Waals surface area (Å²) in [4.78, 5) is 24.6. The zero-order valence-corrected chi connectivity index (χ0v) is 26.8. The number of hydrogen-bond acceptors (Lipinski definition) is 9. The summed E-state index contributed by atoms with van der Waals surface area (Å²) in [7, 11) is 0.00508. The van der Waals surface area contributed by atoms with Crippen molar-refractivity contribution in [2.75, 3.05) is 13.7 Å². The summed E-state index contributed by atoms with van der Waals surface area (Å²) < 4.78 is 44.3. The van der Waals surface area contributed by atoms with Gasteiger partial charge in [-0.15, -0.1) is 0 Å². The first-order chi connectivity index (χ1) is 18.2. The molecular weight excluding hydrogens is 520 g/mol. The first-order valence-electron chi connectivity index (χ1n) is 14.8. The molecule has 39 heavy (non-hydrogen) atoms.